The van der Waals surface area contributed by atoms with Gasteiger partial charge in [0, 0.05) is 12.8 Å². The molecule has 0 aliphatic carbocycles. The maximum absolute atomic E-state index is 12.6. The quantitative estimate of drug-likeness (QED) is 0.0242. The fraction of sp³-hybridized carbons (Fsp3) is 0.897. The number of aliphatic hydroxyl groups is 2. The highest BCUT2D eigenvalue weighted by molar-refractivity contribution is 7.47. The number of allylic oxidation sites excluding steroid dienone is 2. The molecule has 3 atom stereocenters. The molecular weight excluding hydrogens is 659 g/mol. The summed E-state index contributed by atoms with van der Waals surface area (Å²) in [7, 11) is -4.60. The van der Waals surface area contributed by atoms with Crippen LogP contribution in [0, 0.1) is 0 Å². The van der Waals surface area contributed by atoms with Gasteiger partial charge >= 0.3 is 19.8 Å². The summed E-state index contributed by atoms with van der Waals surface area (Å²) in [5.74, 6) is -0.926. The first-order valence-corrected chi connectivity index (χ1v) is 21.6. The van der Waals surface area contributed by atoms with Gasteiger partial charge in [-0.1, -0.05) is 148 Å². The normalized spacial score (nSPS) is 14.1. The van der Waals surface area contributed by atoms with Crippen LogP contribution in [0.5, 0.6) is 0 Å². The topological polar surface area (TPSA) is 149 Å². The van der Waals surface area contributed by atoms with Crippen molar-refractivity contribution in [2.24, 2.45) is 0 Å². The van der Waals surface area contributed by atoms with Crippen LogP contribution < -0.4 is 0 Å². The van der Waals surface area contributed by atoms with Crippen molar-refractivity contribution in [1.29, 1.82) is 0 Å². The Bertz CT molecular complexity index is 853. The number of hydrogen-bond acceptors (Lipinski definition) is 9. The van der Waals surface area contributed by atoms with Crippen molar-refractivity contribution in [3.8, 4) is 0 Å². The second kappa shape index (κ2) is 36.1. The Labute approximate surface area is 305 Å². The number of aliphatic hydroxyl groups excluding tert-OH is 2. The number of phosphoric ester groups is 1. The molecule has 0 saturated heterocycles. The van der Waals surface area contributed by atoms with Crippen molar-refractivity contribution in [3.63, 3.8) is 0 Å². The molecule has 0 aromatic heterocycles. The van der Waals surface area contributed by atoms with Gasteiger partial charge in [0.15, 0.2) is 6.10 Å². The van der Waals surface area contributed by atoms with Crippen LogP contribution in [0.2, 0.25) is 0 Å². The second-order valence-corrected chi connectivity index (χ2v) is 15.1. The smallest absolute Gasteiger partial charge is 0.462 e. The van der Waals surface area contributed by atoms with Gasteiger partial charge in [0.1, 0.15) is 12.7 Å². The molecule has 1 unspecified atom stereocenters. The van der Waals surface area contributed by atoms with Crippen molar-refractivity contribution in [3.05, 3.63) is 12.2 Å². The van der Waals surface area contributed by atoms with Crippen LogP contribution in [-0.4, -0.2) is 65.7 Å². The molecule has 3 N–H and O–H groups in total. The molecule has 0 aromatic carbocycles. The maximum atomic E-state index is 12.6. The molecular formula is C39H75O10P. The van der Waals surface area contributed by atoms with E-state index >= 15 is 0 Å². The molecule has 296 valence electrons. The number of unbranched alkanes of at least 4 members (excludes halogenated alkanes) is 22. The number of esters is 2. The Morgan fingerprint density at radius 2 is 0.980 bits per heavy atom. The van der Waals surface area contributed by atoms with Gasteiger partial charge in [-0.2, -0.15) is 0 Å². The zero-order chi connectivity index (χ0) is 37.0. The van der Waals surface area contributed by atoms with Crippen molar-refractivity contribution < 1.29 is 47.8 Å². The van der Waals surface area contributed by atoms with E-state index in [9.17, 15) is 24.2 Å². The number of ether oxygens (including phenoxy) is 2. The molecule has 50 heavy (non-hydrogen) atoms. The number of hydrogen-bond donors (Lipinski definition) is 3. The Kier molecular flexibility index (Phi) is 35.2. The third-order valence-electron chi connectivity index (χ3n) is 8.67. The van der Waals surface area contributed by atoms with E-state index in [0.29, 0.717) is 12.8 Å². The molecule has 10 nitrogen and oxygen atoms in total. The average Bonchev–Trinajstić information content (AvgIpc) is 3.10. The lowest BCUT2D eigenvalue weighted by Crippen LogP contribution is -2.29. The highest BCUT2D eigenvalue weighted by Gasteiger charge is 2.27. The first-order valence-electron chi connectivity index (χ1n) is 20.1. The van der Waals surface area contributed by atoms with E-state index in [4.69, 9.17) is 19.1 Å². The Hall–Kier alpha value is -1.29. The third-order valence-corrected chi connectivity index (χ3v) is 9.62. The van der Waals surface area contributed by atoms with Crippen LogP contribution in [0.3, 0.4) is 0 Å². The van der Waals surface area contributed by atoms with Gasteiger partial charge in [-0.05, 0) is 38.5 Å². The van der Waals surface area contributed by atoms with E-state index in [0.717, 1.165) is 38.5 Å². The van der Waals surface area contributed by atoms with Crippen LogP contribution in [0.1, 0.15) is 187 Å². The largest absolute Gasteiger partial charge is 0.472 e. The standard InChI is InChI=1S/C39H75O10P/c1-3-5-7-9-11-13-14-15-16-17-18-19-20-21-22-23-25-27-29-31-39(43)49-37(35-48-50(44,45)47-33-36(41)32-40)34-46-38(42)30-28-26-24-12-10-8-6-4-2/h15-16,36-37,40-41H,3-14,17-35H2,1-2H3,(H,44,45)/b16-15+/t36-,37+/m0/s1. The molecule has 0 heterocycles. The summed E-state index contributed by atoms with van der Waals surface area (Å²) in [6, 6.07) is 0. The highest BCUT2D eigenvalue weighted by atomic mass is 31.2. The lowest BCUT2D eigenvalue weighted by Gasteiger charge is -2.20. The molecule has 0 aromatic rings. The molecule has 0 radical (unpaired) electrons. The second-order valence-electron chi connectivity index (χ2n) is 13.7. The summed E-state index contributed by atoms with van der Waals surface area (Å²) in [5.41, 5.74) is 0. The summed E-state index contributed by atoms with van der Waals surface area (Å²) in [4.78, 5) is 34.7. The molecule has 0 bridgehead atoms. The maximum Gasteiger partial charge on any atom is 0.472 e. The van der Waals surface area contributed by atoms with Gasteiger partial charge in [-0.3, -0.25) is 18.6 Å². The monoisotopic (exact) mass is 735 g/mol. The molecule has 0 fully saturated rings. The van der Waals surface area contributed by atoms with Crippen LogP contribution in [0.25, 0.3) is 0 Å². The van der Waals surface area contributed by atoms with E-state index in [-0.39, 0.29) is 19.4 Å². The number of carbonyl (C=O) groups excluding carboxylic acids is 2. The molecule has 0 aliphatic rings. The van der Waals surface area contributed by atoms with Crippen molar-refractivity contribution in [2.75, 3.05) is 26.4 Å². The summed E-state index contributed by atoms with van der Waals surface area (Å²) >= 11 is 0. The van der Waals surface area contributed by atoms with Crippen LogP contribution in [0.4, 0.5) is 0 Å². The summed E-state index contributed by atoms with van der Waals surface area (Å²) in [6.07, 6.45) is 32.0. The fourth-order valence-corrected chi connectivity index (χ4v) is 6.31. The van der Waals surface area contributed by atoms with Gasteiger partial charge in [-0.25, -0.2) is 4.57 Å². The zero-order valence-corrected chi connectivity index (χ0v) is 32.8. The van der Waals surface area contributed by atoms with Gasteiger partial charge in [0.2, 0.25) is 0 Å². The highest BCUT2D eigenvalue weighted by Crippen LogP contribution is 2.43. The number of rotatable bonds is 38. The fourth-order valence-electron chi connectivity index (χ4n) is 5.52. The molecule has 0 rings (SSSR count). The first-order chi connectivity index (χ1) is 24.2. The first kappa shape index (κ1) is 48.7. The molecule has 0 aliphatic heterocycles. The Morgan fingerprint density at radius 3 is 1.44 bits per heavy atom. The summed E-state index contributed by atoms with van der Waals surface area (Å²) in [5, 5.41) is 18.3. The lowest BCUT2D eigenvalue weighted by molar-refractivity contribution is -0.161. The van der Waals surface area contributed by atoms with Crippen molar-refractivity contribution in [2.45, 2.75) is 199 Å². The van der Waals surface area contributed by atoms with Crippen LogP contribution in [0.15, 0.2) is 12.2 Å². The van der Waals surface area contributed by atoms with E-state index < -0.39 is 51.8 Å². The zero-order valence-electron chi connectivity index (χ0n) is 31.9. The Balaban J connectivity index is 4.22. The summed E-state index contributed by atoms with van der Waals surface area (Å²) < 4.78 is 32.5. The molecule has 0 spiro atoms. The lowest BCUT2D eigenvalue weighted by atomic mass is 10.1. The minimum absolute atomic E-state index is 0.186. The van der Waals surface area contributed by atoms with Crippen molar-refractivity contribution in [1.82, 2.24) is 0 Å². The Morgan fingerprint density at radius 1 is 0.580 bits per heavy atom. The predicted octanol–water partition coefficient (Wildman–Crippen LogP) is 10.1. The SMILES string of the molecule is CCCCCCCC/C=C/CCCCCCCCCCCC(=O)O[C@H](COC(=O)CCCCCCCCCC)COP(=O)(O)OC[C@@H](O)CO. The van der Waals surface area contributed by atoms with Gasteiger partial charge in [0.05, 0.1) is 19.8 Å². The van der Waals surface area contributed by atoms with E-state index in [2.05, 4.69) is 30.5 Å². The third kappa shape index (κ3) is 35.1. The van der Waals surface area contributed by atoms with E-state index in [1.54, 1.807) is 0 Å². The van der Waals surface area contributed by atoms with Crippen molar-refractivity contribution >= 4 is 19.8 Å². The molecule has 0 saturated carbocycles. The van der Waals surface area contributed by atoms with E-state index in [1.807, 2.05) is 0 Å². The predicted molar refractivity (Wildman–Crippen MR) is 201 cm³/mol. The van der Waals surface area contributed by atoms with Crippen LogP contribution in [-0.2, 0) is 32.7 Å². The molecule has 11 heteroatoms. The molecule has 0 amide bonds. The minimum atomic E-state index is -4.60. The van der Waals surface area contributed by atoms with Gasteiger partial charge in [-0.15, -0.1) is 0 Å². The average molecular weight is 735 g/mol. The summed E-state index contributed by atoms with van der Waals surface area (Å²) in [6.45, 7) is 2.34. The van der Waals surface area contributed by atoms with Gasteiger partial charge < -0.3 is 24.6 Å². The number of carbonyl (C=O) groups is 2. The van der Waals surface area contributed by atoms with Gasteiger partial charge in [0.25, 0.3) is 0 Å². The minimum Gasteiger partial charge on any atom is -0.462 e. The number of phosphoric acid groups is 1. The van der Waals surface area contributed by atoms with E-state index in [1.165, 1.54) is 109 Å². The van der Waals surface area contributed by atoms with Crippen LogP contribution >= 0.6 is 7.82 Å².